The Labute approximate surface area is 108 Å². The predicted octanol–water partition coefficient (Wildman–Crippen LogP) is 3.51. The van der Waals surface area contributed by atoms with E-state index in [-0.39, 0.29) is 6.04 Å². The number of pyridine rings is 1. The van der Waals surface area contributed by atoms with Gasteiger partial charge in [0.05, 0.1) is 0 Å². The highest BCUT2D eigenvalue weighted by Crippen LogP contribution is 2.25. The van der Waals surface area contributed by atoms with Crippen LogP contribution >= 0.6 is 0 Å². The third-order valence-electron chi connectivity index (χ3n) is 3.05. The summed E-state index contributed by atoms with van der Waals surface area (Å²) in [5.41, 5.74) is 9.13. The molecule has 2 rings (SSSR count). The molecule has 1 aromatic carbocycles. The number of hydrogen-bond acceptors (Lipinski definition) is 3. The smallest absolute Gasteiger partial charge is 0.219 e. The van der Waals surface area contributed by atoms with Crippen molar-refractivity contribution in [2.24, 2.45) is 5.73 Å². The summed E-state index contributed by atoms with van der Waals surface area (Å²) in [4.78, 5) is 4.26. The lowest BCUT2D eigenvalue weighted by molar-refractivity contribution is 0.458. The van der Waals surface area contributed by atoms with Gasteiger partial charge in [-0.1, -0.05) is 18.2 Å². The number of nitrogens with two attached hydrogens (primary N) is 1. The molecule has 3 heteroatoms. The molecule has 0 aliphatic rings. The van der Waals surface area contributed by atoms with Crippen molar-refractivity contribution >= 4 is 0 Å². The zero-order valence-electron chi connectivity index (χ0n) is 11.0. The van der Waals surface area contributed by atoms with Crippen LogP contribution < -0.4 is 10.5 Å². The van der Waals surface area contributed by atoms with Crippen LogP contribution in [0.3, 0.4) is 0 Å². The van der Waals surface area contributed by atoms with Gasteiger partial charge >= 0.3 is 0 Å². The Balaban J connectivity index is 2.21. The molecule has 1 atom stereocenters. The molecule has 1 aromatic heterocycles. The van der Waals surface area contributed by atoms with Gasteiger partial charge in [-0.05, 0) is 43.5 Å². The Morgan fingerprint density at radius 1 is 1.17 bits per heavy atom. The van der Waals surface area contributed by atoms with Gasteiger partial charge in [0.25, 0.3) is 0 Å². The van der Waals surface area contributed by atoms with E-state index in [9.17, 15) is 0 Å². The van der Waals surface area contributed by atoms with Crippen LogP contribution in [0.15, 0.2) is 36.5 Å². The minimum atomic E-state index is -0.00717. The Hall–Kier alpha value is -1.87. The van der Waals surface area contributed by atoms with Crippen molar-refractivity contribution in [3.05, 3.63) is 53.2 Å². The molecule has 2 aromatic rings. The van der Waals surface area contributed by atoms with E-state index in [1.165, 1.54) is 5.56 Å². The molecule has 0 unspecified atom stereocenters. The van der Waals surface area contributed by atoms with Crippen LogP contribution in [0.2, 0.25) is 0 Å². The van der Waals surface area contributed by atoms with E-state index in [1.807, 2.05) is 38.1 Å². The van der Waals surface area contributed by atoms with E-state index >= 15 is 0 Å². The van der Waals surface area contributed by atoms with Gasteiger partial charge < -0.3 is 10.5 Å². The first-order valence-electron chi connectivity index (χ1n) is 6.03. The summed E-state index contributed by atoms with van der Waals surface area (Å²) < 4.78 is 5.77. The van der Waals surface area contributed by atoms with Crippen molar-refractivity contribution in [1.82, 2.24) is 4.98 Å². The van der Waals surface area contributed by atoms with E-state index in [0.29, 0.717) is 5.88 Å². The van der Waals surface area contributed by atoms with Crippen LogP contribution in [-0.2, 0) is 0 Å². The standard InChI is InChI=1S/C15H18N2O/c1-10-5-4-6-14(11(10)2)18-15-8-7-13(9-17-15)12(3)16/h4-9,12H,16H2,1-3H3/t12-/m0/s1. The summed E-state index contributed by atoms with van der Waals surface area (Å²) in [7, 11) is 0. The number of rotatable bonds is 3. The molecule has 1 heterocycles. The monoisotopic (exact) mass is 242 g/mol. The van der Waals surface area contributed by atoms with Gasteiger partial charge in [0.15, 0.2) is 0 Å². The van der Waals surface area contributed by atoms with Gasteiger partial charge in [-0.2, -0.15) is 0 Å². The zero-order valence-corrected chi connectivity index (χ0v) is 11.0. The summed E-state index contributed by atoms with van der Waals surface area (Å²) in [5, 5.41) is 0. The third kappa shape index (κ3) is 2.68. The Morgan fingerprint density at radius 2 is 1.94 bits per heavy atom. The van der Waals surface area contributed by atoms with Crippen molar-refractivity contribution in [3.63, 3.8) is 0 Å². The molecule has 3 nitrogen and oxygen atoms in total. The molecule has 0 saturated heterocycles. The average molecular weight is 242 g/mol. The molecule has 0 saturated carbocycles. The van der Waals surface area contributed by atoms with Gasteiger partial charge in [0.2, 0.25) is 5.88 Å². The summed E-state index contributed by atoms with van der Waals surface area (Å²) in [6.07, 6.45) is 1.76. The number of aryl methyl sites for hydroxylation is 1. The lowest BCUT2D eigenvalue weighted by Gasteiger charge is -2.10. The van der Waals surface area contributed by atoms with Crippen molar-refractivity contribution in [1.29, 1.82) is 0 Å². The largest absolute Gasteiger partial charge is 0.439 e. The Kier molecular flexibility index (Phi) is 3.63. The SMILES string of the molecule is Cc1cccc(Oc2ccc([C@H](C)N)cn2)c1C. The van der Waals surface area contributed by atoms with Crippen molar-refractivity contribution < 1.29 is 4.74 Å². The van der Waals surface area contributed by atoms with Gasteiger partial charge in [-0.3, -0.25) is 0 Å². The molecule has 0 amide bonds. The van der Waals surface area contributed by atoms with Crippen LogP contribution in [0.5, 0.6) is 11.6 Å². The maximum absolute atomic E-state index is 5.78. The second kappa shape index (κ2) is 5.19. The molecule has 0 aliphatic heterocycles. The number of benzene rings is 1. The van der Waals surface area contributed by atoms with E-state index < -0.39 is 0 Å². The quantitative estimate of drug-likeness (QED) is 0.896. The Morgan fingerprint density at radius 3 is 2.56 bits per heavy atom. The highest BCUT2D eigenvalue weighted by molar-refractivity contribution is 5.40. The predicted molar refractivity (Wildman–Crippen MR) is 72.8 cm³/mol. The molecule has 2 N–H and O–H groups in total. The van der Waals surface area contributed by atoms with Gasteiger partial charge in [-0.25, -0.2) is 4.98 Å². The summed E-state index contributed by atoms with van der Waals surface area (Å²) in [6, 6.07) is 9.78. The number of nitrogens with zero attached hydrogens (tertiary/aromatic N) is 1. The minimum absolute atomic E-state index is 0.00717. The molecule has 94 valence electrons. The van der Waals surface area contributed by atoms with Crippen LogP contribution in [-0.4, -0.2) is 4.98 Å². The second-order valence-corrected chi connectivity index (χ2v) is 4.52. The Bertz CT molecular complexity index is 533. The fourth-order valence-corrected chi connectivity index (χ4v) is 1.67. The van der Waals surface area contributed by atoms with Gasteiger partial charge in [-0.15, -0.1) is 0 Å². The lowest BCUT2D eigenvalue weighted by Crippen LogP contribution is -2.05. The van der Waals surface area contributed by atoms with E-state index in [4.69, 9.17) is 10.5 Å². The minimum Gasteiger partial charge on any atom is -0.439 e. The topological polar surface area (TPSA) is 48.1 Å². The first kappa shape index (κ1) is 12.6. The van der Waals surface area contributed by atoms with Crippen molar-refractivity contribution in [3.8, 4) is 11.6 Å². The fourth-order valence-electron chi connectivity index (χ4n) is 1.67. The van der Waals surface area contributed by atoms with Gasteiger partial charge in [0, 0.05) is 18.3 Å². The fraction of sp³-hybridized carbons (Fsp3) is 0.267. The molecule has 0 spiro atoms. The normalized spacial score (nSPS) is 12.2. The van der Waals surface area contributed by atoms with E-state index in [1.54, 1.807) is 6.20 Å². The lowest BCUT2D eigenvalue weighted by atomic mass is 10.1. The number of hydrogen-bond donors (Lipinski definition) is 1. The van der Waals surface area contributed by atoms with Gasteiger partial charge in [0.1, 0.15) is 5.75 Å². The molecular formula is C15H18N2O. The summed E-state index contributed by atoms with van der Waals surface area (Å²) in [5.74, 6) is 1.43. The number of ether oxygens (including phenoxy) is 1. The molecule has 0 bridgehead atoms. The highest BCUT2D eigenvalue weighted by Gasteiger charge is 2.05. The van der Waals surface area contributed by atoms with E-state index in [2.05, 4.69) is 18.0 Å². The maximum Gasteiger partial charge on any atom is 0.219 e. The number of aromatic nitrogens is 1. The molecular weight excluding hydrogens is 224 g/mol. The molecule has 0 radical (unpaired) electrons. The molecule has 18 heavy (non-hydrogen) atoms. The van der Waals surface area contributed by atoms with Crippen LogP contribution in [0.4, 0.5) is 0 Å². The highest BCUT2D eigenvalue weighted by atomic mass is 16.5. The van der Waals surface area contributed by atoms with Crippen LogP contribution in [0.25, 0.3) is 0 Å². The third-order valence-corrected chi connectivity index (χ3v) is 3.05. The summed E-state index contributed by atoms with van der Waals surface area (Å²) >= 11 is 0. The van der Waals surface area contributed by atoms with Crippen LogP contribution in [0.1, 0.15) is 29.7 Å². The van der Waals surface area contributed by atoms with Crippen molar-refractivity contribution in [2.75, 3.05) is 0 Å². The first-order chi connectivity index (χ1) is 8.58. The second-order valence-electron chi connectivity index (χ2n) is 4.52. The maximum atomic E-state index is 5.78. The first-order valence-corrected chi connectivity index (χ1v) is 6.03. The van der Waals surface area contributed by atoms with Crippen LogP contribution in [0, 0.1) is 13.8 Å². The summed E-state index contributed by atoms with van der Waals surface area (Å²) in [6.45, 7) is 6.04. The van der Waals surface area contributed by atoms with Crippen molar-refractivity contribution in [2.45, 2.75) is 26.8 Å². The molecule has 0 aliphatic carbocycles. The molecule has 0 fully saturated rings. The average Bonchev–Trinajstić information content (AvgIpc) is 2.36. The van der Waals surface area contributed by atoms with E-state index in [0.717, 1.165) is 16.9 Å². The zero-order chi connectivity index (χ0) is 13.1.